The molecule has 0 spiro atoms. The fourth-order valence-corrected chi connectivity index (χ4v) is 2.54. The van der Waals surface area contributed by atoms with Crippen molar-refractivity contribution in [3.05, 3.63) is 17.5 Å². The molecule has 0 unspecified atom stereocenters. The molecule has 0 amide bonds. The highest BCUT2D eigenvalue weighted by molar-refractivity contribution is 5.15. The van der Waals surface area contributed by atoms with Crippen LogP contribution in [0, 0.1) is 6.92 Å². The van der Waals surface area contributed by atoms with Crippen LogP contribution in [0.2, 0.25) is 0 Å². The monoisotopic (exact) mass is 221 g/mol. The van der Waals surface area contributed by atoms with Crippen molar-refractivity contribution >= 4 is 0 Å². The molecule has 1 aromatic heterocycles. The fourth-order valence-electron chi connectivity index (χ4n) is 2.54. The first-order chi connectivity index (χ1) is 7.61. The molecule has 0 bridgehead atoms. The lowest BCUT2D eigenvalue weighted by Crippen LogP contribution is -2.43. The third kappa shape index (κ3) is 2.46. The van der Waals surface area contributed by atoms with Crippen LogP contribution in [0.5, 0.6) is 0 Å². The van der Waals surface area contributed by atoms with Gasteiger partial charge in [0.2, 0.25) is 0 Å². The van der Waals surface area contributed by atoms with E-state index in [4.69, 9.17) is 0 Å². The second-order valence-corrected chi connectivity index (χ2v) is 5.35. The summed E-state index contributed by atoms with van der Waals surface area (Å²) in [7, 11) is 2.00. The molecule has 1 fully saturated rings. The van der Waals surface area contributed by atoms with Gasteiger partial charge in [0.05, 0.1) is 6.20 Å². The summed E-state index contributed by atoms with van der Waals surface area (Å²) in [6.45, 7) is 5.45. The Hall–Kier alpha value is -0.830. The van der Waals surface area contributed by atoms with E-state index in [-0.39, 0.29) is 0 Å². The Labute approximate surface area is 98.2 Å². The number of nitrogens with zero attached hydrogens (tertiary/aromatic N) is 2. The summed E-state index contributed by atoms with van der Waals surface area (Å²) in [5, 5.41) is 7.99. The molecule has 0 aliphatic heterocycles. The minimum absolute atomic E-state index is 0.348. The van der Waals surface area contributed by atoms with Crippen LogP contribution in [-0.2, 0) is 13.6 Å². The Bertz CT molecular complexity index is 348. The van der Waals surface area contributed by atoms with Crippen molar-refractivity contribution in [2.45, 2.75) is 58.0 Å². The van der Waals surface area contributed by atoms with Gasteiger partial charge in [0.25, 0.3) is 0 Å². The minimum Gasteiger partial charge on any atom is -0.307 e. The first kappa shape index (κ1) is 11.6. The van der Waals surface area contributed by atoms with Crippen LogP contribution in [0.15, 0.2) is 6.20 Å². The summed E-state index contributed by atoms with van der Waals surface area (Å²) in [6.07, 6.45) is 8.75. The molecule has 0 aromatic carbocycles. The third-order valence-corrected chi connectivity index (χ3v) is 4.00. The Kier molecular flexibility index (Phi) is 3.33. The fraction of sp³-hybridized carbons (Fsp3) is 0.769. The predicted molar refractivity (Wildman–Crippen MR) is 66.3 cm³/mol. The SMILES string of the molecule is Cc1c(CNC2(C)CCCCC2)cnn1C. The lowest BCUT2D eigenvalue weighted by atomic mass is 9.83. The lowest BCUT2D eigenvalue weighted by molar-refractivity contribution is 0.252. The van der Waals surface area contributed by atoms with Gasteiger partial charge in [-0.25, -0.2) is 0 Å². The van der Waals surface area contributed by atoms with E-state index in [0.29, 0.717) is 5.54 Å². The molecule has 3 nitrogen and oxygen atoms in total. The van der Waals surface area contributed by atoms with E-state index >= 15 is 0 Å². The molecule has 3 heteroatoms. The van der Waals surface area contributed by atoms with Crippen LogP contribution in [0.25, 0.3) is 0 Å². The topological polar surface area (TPSA) is 29.9 Å². The summed E-state index contributed by atoms with van der Waals surface area (Å²) >= 11 is 0. The predicted octanol–water partition coefficient (Wildman–Crippen LogP) is 2.54. The van der Waals surface area contributed by atoms with E-state index in [2.05, 4.69) is 24.3 Å². The third-order valence-electron chi connectivity index (χ3n) is 4.00. The van der Waals surface area contributed by atoms with Gasteiger partial charge in [0.1, 0.15) is 0 Å². The van der Waals surface area contributed by atoms with Crippen molar-refractivity contribution in [2.24, 2.45) is 7.05 Å². The molecule has 1 aliphatic carbocycles. The summed E-state index contributed by atoms with van der Waals surface area (Å²) in [5.74, 6) is 0. The van der Waals surface area contributed by atoms with E-state index < -0.39 is 0 Å². The zero-order chi connectivity index (χ0) is 11.6. The van der Waals surface area contributed by atoms with Gasteiger partial charge in [0, 0.05) is 30.4 Å². The number of aryl methyl sites for hydroxylation is 1. The van der Waals surface area contributed by atoms with Crippen LogP contribution in [-0.4, -0.2) is 15.3 Å². The van der Waals surface area contributed by atoms with Crippen LogP contribution in [0.4, 0.5) is 0 Å². The zero-order valence-electron chi connectivity index (χ0n) is 10.7. The maximum atomic E-state index is 4.28. The van der Waals surface area contributed by atoms with Crippen LogP contribution < -0.4 is 5.32 Å². The lowest BCUT2D eigenvalue weighted by Gasteiger charge is -2.34. The van der Waals surface area contributed by atoms with Gasteiger partial charge in [-0.3, -0.25) is 4.68 Å². The Morgan fingerprint density at radius 1 is 1.38 bits per heavy atom. The molecule has 2 rings (SSSR count). The van der Waals surface area contributed by atoms with Crippen molar-refractivity contribution in [3.8, 4) is 0 Å². The molecule has 16 heavy (non-hydrogen) atoms. The van der Waals surface area contributed by atoms with Gasteiger partial charge in [-0.15, -0.1) is 0 Å². The maximum absolute atomic E-state index is 4.28. The average Bonchev–Trinajstić information content (AvgIpc) is 2.58. The summed E-state index contributed by atoms with van der Waals surface area (Å²) in [5.41, 5.74) is 2.95. The number of rotatable bonds is 3. The Balaban J connectivity index is 1.93. The molecule has 0 radical (unpaired) electrons. The number of hydrogen-bond acceptors (Lipinski definition) is 2. The van der Waals surface area contributed by atoms with Gasteiger partial charge in [-0.1, -0.05) is 19.3 Å². The highest BCUT2D eigenvalue weighted by Crippen LogP contribution is 2.27. The van der Waals surface area contributed by atoms with Crippen molar-refractivity contribution in [2.75, 3.05) is 0 Å². The molecule has 1 N–H and O–H groups in total. The van der Waals surface area contributed by atoms with E-state index in [1.807, 2.05) is 17.9 Å². The van der Waals surface area contributed by atoms with E-state index in [9.17, 15) is 0 Å². The largest absolute Gasteiger partial charge is 0.307 e. The summed E-state index contributed by atoms with van der Waals surface area (Å²) in [6, 6.07) is 0. The highest BCUT2D eigenvalue weighted by atomic mass is 15.3. The summed E-state index contributed by atoms with van der Waals surface area (Å²) in [4.78, 5) is 0. The molecule has 1 heterocycles. The van der Waals surface area contributed by atoms with Gasteiger partial charge in [-0.2, -0.15) is 5.10 Å². The van der Waals surface area contributed by atoms with E-state index in [1.54, 1.807) is 0 Å². The highest BCUT2D eigenvalue weighted by Gasteiger charge is 2.25. The van der Waals surface area contributed by atoms with Gasteiger partial charge in [-0.05, 0) is 26.7 Å². The van der Waals surface area contributed by atoms with Crippen molar-refractivity contribution in [3.63, 3.8) is 0 Å². The van der Waals surface area contributed by atoms with Crippen molar-refractivity contribution < 1.29 is 0 Å². The Morgan fingerprint density at radius 3 is 2.62 bits per heavy atom. The summed E-state index contributed by atoms with van der Waals surface area (Å²) < 4.78 is 1.94. The first-order valence-corrected chi connectivity index (χ1v) is 6.33. The molecule has 0 saturated heterocycles. The number of hydrogen-bond donors (Lipinski definition) is 1. The molecule has 1 aliphatic rings. The van der Waals surface area contributed by atoms with Crippen molar-refractivity contribution in [1.82, 2.24) is 15.1 Å². The molecular weight excluding hydrogens is 198 g/mol. The molecule has 1 saturated carbocycles. The second kappa shape index (κ2) is 4.58. The zero-order valence-corrected chi connectivity index (χ0v) is 10.7. The maximum Gasteiger partial charge on any atom is 0.0537 e. The molecular formula is C13H23N3. The van der Waals surface area contributed by atoms with Gasteiger partial charge in [0.15, 0.2) is 0 Å². The average molecular weight is 221 g/mol. The van der Waals surface area contributed by atoms with Gasteiger partial charge < -0.3 is 5.32 Å². The molecule has 90 valence electrons. The second-order valence-electron chi connectivity index (χ2n) is 5.35. The molecule has 0 atom stereocenters. The van der Waals surface area contributed by atoms with E-state index in [0.717, 1.165) is 6.54 Å². The van der Waals surface area contributed by atoms with Gasteiger partial charge >= 0.3 is 0 Å². The standard InChI is InChI=1S/C13H23N3/c1-11-12(10-15-16(11)3)9-14-13(2)7-5-4-6-8-13/h10,14H,4-9H2,1-3H3. The Morgan fingerprint density at radius 2 is 2.06 bits per heavy atom. The first-order valence-electron chi connectivity index (χ1n) is 6.33. The van der Waals surface area contributed by atoms with Crippen LogP contribution >= 0.6 is 0 Å². The molecule has 1 aromatic rings. The van der Waals surface area contributed by atoms with Crippen LogP contribution in [0.1, 0.15) is 50.3 Å². The van der Waals surface area contributed by atoms with Crippen LogP contribution in [0.3, 0.4) is 0 Å². The minimum atomic E-state index is 0.348. The smallest absolute Gasteiger partial charge is 0.0537 e. The quantitative estimate of drug-likeness (QED) is 0.850. The van der Waals surface area contributed by atoms with Crippen molar-refractivity contribution in [1.29, 1.82) is 0 Å². The number of aromatic nitrogens is 2. The number of nitrogens with one attached hydrogen (secondary N) is 1. The normalized spacial score (nSPS) is 19.9. The van der Waals surface area contributed by atoms with E-state index in [1.165, 1.54) is 43.4 Å².